The van der Waals surface area contributed by atoms with Crippen LogP contribution in [-0.2, 0) is 6.54 Å². The van der Waals surface area contributed by atoms with E-state index in [4.69, 9.17) is 0 Å². The molecule has 0 unspecified atom stereocenters. The van der Waals surface area contributed by atoms with Crippen molar-refractivity contribution < 1.29 is 0 Å². The van der Waals surface area contributed by atoms with Crippen LogP contribution in [0.1, 0.15) is 25.0 Å². The van der Waals surface area contributed by atoms with Gasteiger partial charge in [0.1, 0.15) is 5.82 Å². The van der Waals surface area contributed by atoms with Crippen LogP contribution in [0.25, 0.3) is 0 Å². The summed E-state index contributed by atoms with van der Waals surface area (Å²) in [4.78, 5) is 6.95. The van der Waals surface area contributed by atoms with Gasteiger partial charge in [0, 0.05) is 37.8 Å². The number of likely N-dealkylation sites (tertiary alicyclic amines) is 1. The van der Waals surface area contributed by atoms with E-state index in [0.717, 1.165) is 42.4 Å². The van der Waals surface area contributed by atoms with Gasteiger partial charge in [0.25, 0.3) is 0 Å². The summed E-state index contributed by atoms with van der Waals surface area (Å²) >= 11 is 1.45. The molecule has 122 valence electrons. The van der Waals surface area contributed by atoms with E-state index >= 15 is 0 Å². The lowest BCUT2D eigenvalue weighted by Crippen LogP contribution is -2.32. The Morgan fingerprint density at radius 3 is 3.09 bits per heavy atom. The van der Waals surface area contributed by atoms with Gasteiger partial charge in [-0.2, -0.15) is 0 Å². The van der Waals surface area contributed by atoms with Crippen LogP contribution < -0.4 is 5.32 Å². The quantitative estimate of drug-likeness (QED) is 0.914. The summed E-state index contributed by atoms with van der Waals surface area (Å²) in [5.41, 5.74) is 1.12. The van der Waals surface area contributed by atoms with Gasteiger partial charge in [-0.25, -0.2) is 4.98 Å². The first-order valence-electron chi connectivity index (χ1n) is 8.51. The van der Waals surface area contributed by atoms with Gasteiger partial charge in [-0.1, -0.05) is 17.0 Å². The van der Waals surface area contributed by atoms with Gasteiger partial charge < -0.3 is 5.32 Å². The smallest absolute Gasteiger partial charge is 0.125 e. The normalized spacial score (nSPS) is 27.7. The lowest BCUT2D eigenvalue weighted by atomic mass is 9.74. The van der Waals surface area contributed by atoms with Crippen molar-refractivity contribution >= 4 is 17.4 Å². The fourth-order valence-corrected chi connectivity index (χ4v) is 4.69. The fraction of sp³-hybridized carbons (Fsp3) is 0.588. The predicted octanol–water partition coefficient (Wildman–Crippen LogP) is 2.89. The van der Waals surface area contributed by atoms with Crippen LogP contribution >= 0.6 is 11.5 Å². The molecule has 1 N–H and O–H groups in total. The first-order valence-corrected chi connectivity index (χ1v) is 9.35. The number of rotatable bonds is 5. The highest BCUT2D eigenvalue weighted by atomic mass is 32.1. The Labute approximate surface area is 141 Å². The number of hydrogen-bond acceptors (Lipinski definition) is 6. The van der Waals surface area contributed by atoms with Crippen LogP contribution in [0.5, 0.6) is 0 Å². The highest BCUT2D eigenvalue weighted by Gasteiger charge is 2.39. The summed E-state index contributed by atoms with van der Waals surface area (Å²) in [5.74, 6) is 3.42. The molecular weight excluding hydrogens is 306 g/mol. The second-order valence-corrected chi connectivity index (χ2v) is 7.41. The number of pyridine rings is 1. The molecule has 2 aromatic rings. The van der Waals surface area contributed by atoms with Crippen LogP contribution in [0.15, 0.2) is 29.8 Å². The second kappa shape index (κ2) is 6.93. The molecule has 0 aromatic carbocycles. The average Bonchev–Trinajstić information content (AvgIpc) is 3.23. The van der Waals surface area contributed by atoms with Gasteiger partial charge >= 0.3 is 0 Å². The Hall–Kier alpha value is -1.53. The lowest BCUT2D eigenvalue weighted by molar-refractivity contribution is 0.207. The lowest BCUT2D eigenvalue weighted by Gasteiger charge is -2.33. The average molecular weight is 329 g/mol. The van der Waals surface area contributed by atoms with Crippen molar-refractivity contribution in [3.05, 3.63) is 35.5 Å². The molecule has 1 aliphatic carbocycles. The first kappa shape index (κ1) is 15.0. The second-order valence-electron chi connectivity index (χ2n) is 6.80. The maximum atomic E-state index is 4.38. The van der Waals surface area contributed by atoms with E-state index in [0.29, 0.717) is 0 Å². The zero-order valence-electron chi connectivity index (χ0n) is 13.3. The zero-order valence-corrected chi connectivity index (χ0v) is 14.1. The molecule has 0 bridgehead atoms. The summed E-state index contributed by atoms with van der Waals surface area (Å²) in [5, 5.41) is 9.81. The van der Waals surface area contributed by atoms with Gasteiger partial charge in [0.05, 0.1) is 5.69 Å². The van der Waals surface area contributed by atoms with Gasteiger partial charge in [-0.3, -0.25) is 4.90 Å². The van der Waals surface area contributed by atoms with Gasteiger partial charge in [-0.15, -0.1) is 5.10 Å². The number of nitrogens with one attached hydrogen (secondary N) is 1. The van der Waals surface area contributed by atoms with Crippen molar-refractivity contribution in [2.45, 2.75) is 25.8 Å². The Morgan fingerprint density at radius 1 is 1.26 bits per heavy atom. The summed E-state index contributed by atoms with van der Waals surface area (Å²) in [7, 11) is 0. The van der Waals surface area contributed by atoms with Gasteiger partial charge in [0.15, 0.2) is 0 Å². The Balaban J connectivity index is 1.35. The minimum atomic E-state index is 0.759. The summed E-state index contributed by atoms with van der Waals surface area (Å²) in [6.45, 7) is 4.44. The third kappa shape index (κ3) is 3.53. The molecule has 3 atom stereocenters. The van der Waals surface area contributed by atoms with Crippen LogP contribution in [0.4, 0.5) is 5.82 Å². The molecule has 0 spiro atoms. The molecule has 5 nitrogen and oxygen atoms in total. The molecular formula is C17H23N5S. The maximum absolute atomic E-state index is 4.38. The highest BCUT2D eigenvalue weighted by Crippen LogP contribution is 2.40. The van der Waals surface area contributed by atoms with Crippen molar-refractivity contribution in [3.8, 4) is 0 Å². The fourth-order valence-electron chi connectivity index (χ4n) is 4.25. The maximum Gasteiger partial charge on any atom is 0.125 e. The predicted molar refractivity (Wildman–Crippen MR) is 92.2 cm³/mol. The molecule has 2 aromatic heterocycles. The molecule has 3 heterocycles. The van der Waals surface area contributed by atoms with Crippen molar-refractivity contribution in [1.29, 1.82) is 0 Å². The van der Waals surface area contributed by atoms with E-state index in [1.54, 1.807) is 0 Å². The molecule has 2 fully saturated rings. The van der Waals surface area contributed by atoms with Crippen LogP contribution in [-0.4, -0.2) is 39.1 Å². The minimum Gasteiger partial charge on any atom is -0.370 e. The van der Waals surface area contributed by atoms with E-state index in [9.17, 15) is 0 Å². The number of nitrogens with zero attached hydrogens (tertiary/aromatic N) is 4. The van der Waals surface area contributed by atoms with E-state index in [1.165, 1.54) is 43.9 Å². The Morgan fingerprint density at radius 2 is 2.26 bits per heavy atom. The van der Waals surface area contributed by atoms with Crippen molar-refractivity contribution in [2.75, 3.05) is 25.0 Å². The van der Waals surface area contributed by atoms with Crippen LogP contribution in [0, 0.1) is 17.8 Å². The molecule has 1 aliphatic heterocycles. The summed E-state index contributed by atoms with van der Waals surface area (Å²) in [6, 6.07) is 6.05. The van der Waals surface area contributed by atoms with Crippen LogP contribution in [0.2, 0.25) is 0 Å². The topological polar surface area (TPSA) is 53.9 Å². The number of aromatic nitrogens is 3. The Bertz CT molecular complexity index is 603. The highest BCUT2D eigenvalue weighted by molar-refractivity contribution is 7.03. The standard InChI is InChI=1S/C17H23N5S/c1-2-7-18-17(6-1)19-8-13-4-3-5-14-9-22(11-16(13)14)10-15-12-23-21-20-15/h1-2,6-7,12-14,16H,3-5,8-11H2,(H,18,19)/t13-,14+,16+/m0/s1. The molecule has 0 amide bonds. The third-order valence-electron chi connectivity index (χ3n) is 5.32. The van der Waals surface area contributed by atoms with E-state index < -0.39 is 0 Å². The van der Waals surface area contributed by atoms with Crippen molar-refractivity contribution in [2.24, 2.45) is 17.8 Å². The zero-order chi connectivity index (χ0) is 15.5. The van der Waals surface area contributed by atoms with Gasteiger partial charge in [-0.05, 0) is 54.3 Å². The molecule has 6 heteroatoms. The van der Waals surface area contributed by atoms with E-state index in [2.05, 4.69) is 36.2 Å². The number of hydrogen-bond donors (Lipinski definition) is 1. The first-order chi connectivity index (χ1) is 11.4. The van der Waals surface area contributed by atoms with Crippen molar-refractivity contribution in [1.82, 2.24) is 19.5 Å². The monoisotopic (exact) mass is 329 g/mol. The Kier molecular flexibility index (Phi) is 4.52. The molecule has 2 aliphatic rings. The van der Waals surface area contributed by atoms with Gasteiger partial charge in [0.2, 0.25) is 0 Å². The summed E-state index contributed by atoms with van der Waals surface area (Å²) in [6.07, 6.45) is 5.94. The molecule has 1 saturated heterocycles. The molecule has 1 saturated carbocycles. The molecule has 0 radical (unpaired) electrons. The largest absolute Gasteiger partial charge is 0.370 e. The van der Waals surface area contributed by atoms with Crippen LogP contribution in [0.3, 0.4) is 0 Å². The van der Waals surface area contributed by atoms with E-state index in [1.807, 2.05) is 18.3 Å². The minimum absolute atomic E-state index is 0.759. The third-order valence-corrected chi connectivity index (χ3v) is 5.88. The molecule has 23 heavy (non-hydrogen) atoms. The number of fused-ring (bicyclic) bond motifs is 1. The summed E-state index contributed by atoms with van der Waals surface area (Å²) < 4.78 is 3.98. The molecule has 4 rings (SSSR count). The van der Waals surface area contributed by atoms with Crippen molar-refractivity contribution in [3.63, 3.8) is 0 Å². The SMILES string of the molecule is c1ccc(NC[C@@H]2CCC[C@@H]3CN(Cc4csnn4)C[C@@H]32)nc1. The van der Waals surface area contributed by atoms with E-state index in [-0.39, 0.29) is 0 Å². The number of anilines is 1.